The number of aryl methyl sites for hydroxylation is 1. The number of carboxylic acids is 1. The molecule has 0 bridgehead atoms. The zero-order valence-electron chi connectivity index (χ0n) is 11.8. The van der Waals surface area contributed by atoms with Gasteiger partial charge < -0.3 is 10.4 Å². The zero-order chi connectivity index (χ0) is 15.0. The van der Waals surface area contributed by atoms with Crippen LogP contribution in [0.4, 0.5) is 0 Å². The summed E-state index contributed by atoms with van der Waals surface area (Å²) in [5.41, 5.74) is 0.948. The number of nitrogens with zero attached hydrogens (tertiary/aromatic N) is 2. The van der Waals surface area contributed by atoms with Crippen LogP contribution < -0.4 is 5.32 Å². The molecule has 0 unspecified atom stereocenters. The van der Waals surface area contributed by atoms with Gasteiger partial charge in [-0.25, -0.2) is 0 Å². The van der Waals surface area contributed by atoms with E-state index in [2.05, 4.69) is 10.4 Å². The maximum atomic E-state index is 12.0. The van der Waals surface area contributed by atoms with Gasteiger partial charge in [0.15, 0.2) is 0 Å². The molecule has 0 aliphatic rings. The van der Waals surface area contributed by atoms with Gasteiger partial charge in [-0.2, -0.15) is 5.10 Å². The molecule has 20 heavy (non-hydrogen) atoms. The molecule has 2 rings (SSSR count). The van der Waals surface area contributed by atoms with Gasteiger partial charge in [-0.05, 0) is 18.9 Å². The molecule has 2 aromatic rings. The van der Waals surface area contributed by atoms with Crippen LogP contribution >= 0.6 is 11.3 Å². The van der Waals surface area contributed by atoms with E-state index in [4.69, 9.17) is 5.11 Å². The van der Waals surface area contributed by atoms with E-state index in [1.54, 1.807) is 10.7 Å². The predicted octanol–water partition coefficient (Wildman–Crippen LogP) is 1.96. The van der Waals surface area contributed by atoms with Crippen molar-refractivity contribution in [1.29, 1.82) is 0 Å². The van der Waals surface area contributed by atoms with Gasteiger partial charge in [-0.1, -0.05) is 13.8 Å². The molecule has 108 valence electrons. The number of hydrogen-bond acceptors (Lipinski definition) is 4. The van der Waals surface area contributed by atoms with E-state index in [0.29, 0.717) is 4.88 Å². The molecule has 0 fully saturated rings. The molecule has 0 aliphatic heterocycles. The fourth-order valence-corrected chi connectivity index (χ4v) is 2.92. The standard InChI is InChI=1S/C13H17N3O3S/c1-6(2)10-8-5-9(20-12(8)16(4)15-10)11(17)14-7(3)13(18)19/h5-7H,1-4H3,(H,14,17)(H,18,19)/t7-/m1/s1. The summed E-state index contributed by atoms with van der Waals surface area (Å²) < 4.78 is 1.76. The van der Waals surface area contributed by atoms with Crippen LogP contribution in [0.2, 0.25) is 0 Å². The largest absolute Gasteiger partial charge is 0.480 e. The lowest BCUT2D eigenvalue weighted by Gasteiger charge is -2.07. The fourth-order valence-electron chi connectivity index (χ4n) is 1.93. The molecule has 2 aromatic heterocycles. The number of carbonyl (C=O) groups is 2. The number of nitrogens with one attached hydrogen (secondary N) is 1. The minimum atomic E-state index is -1.05. The third kappa shape index (κ3) is 2.53. The maximum Gasteiger partial charge on any atom is 0.325 e. The Morgan fingerprint density at radius 2 is 2.05 bits per heavy atom. The molecule has 7 heteroatoms. The van der Waals surface area contributed by atoms with Crippen LogP contribution in [-0.2, 0) is 11.8 Å². The van der Waals surface area contributed by atoms with Crippen molar-refractivity contribution in [3.05, 3.63) is 16.6 Å². The molecule has 0 aromatic carbocycles. The van der Waals surface area contributed by atoms with Crippen molar-refractivity contribution in [3.63, 3.8) is 0 Å². The first-order valence-electron chi connectivity index (χ1n) is 6.31. The van der Waals surface area contributed by atoms with Crippen molar-refractivity contribution < 1.29 is 14.7 Å². The summed E-state index contributed by atoms with van der Waals surface area (Å²) in [5, 5.41) is 16.7. The molecule has 1 atom stereocenters. The Kier molecular flexibility index (Phi) is 3.80. The van der Waals surface area contributed by atoms with Gasteiger partial charge in [0.2, 0.25) is 0 Å². The second-order valence-corrected chi connectivity index (χ2v) is 6.06. The number of carboxylic acid groups (broad SMARTS) is 1. The molecular weight excluding hydrogens is 278 g/mol. The average Bonchev–Trinajstić information content (AvgIpc) is 2.90. The Morgan fingerprint density at radius 3 is 2.60 bits per heavy atom. The van der Waals surface area contributed by atoms with Crippen LogP contribution in [0.3, 0.4) is 0 Å². The Balaban J connectivity index is 2.35. The third-order valence-corrected chi connectivity index (χ3v) is 4.23. The molecule has 1 amide bonds. The summed E-state index contributed by atoms with van der Waals surface area (Å²) in [6.45, 7) is 5.53. The molecule has 0 saturated carbocycles. The highest BCUT2D eigenvalue weighted by Crippen LogP contribution is 2.31. The van der Waals surface area contributed by atoms with Gasteiger partial charge in [-0.3, -0.25) is 14.3 Å². The molecule has 0 radical (unpaired) electrons. The SMILES string of the molecule is CC(C)c1nn(C)c2sc(C(=O)N[C@H](C)C(=O)O)cc12. The summed E-state index contributed by atoms with van der Waals surface area (Å²) in [6, 6.07) is 0.877. The van der Waals surface area contributed by atoms with Crippen LogP contribution in [0.25, 0.3) is 10.2 Å². The fraction of sp³-hybridized carbons (Fsp3) is 0.462. The van der Waals surface area contributed by atoms with Crippen molar-refractivity contribution in [1.82, 2.24) is 15.1 Å². The lowest BCUT2D eigenvalue weighted by Crippen LogP contribution is -2.37. The minimum Gasteiger partial charge on any atom is -0.480 e. The average molecular weight is 295 g/mol. The van der Waals surface area contributed by atoms with Gasteiger partial charge in [0, 0.05) is 12.4 Å². The lowest BCUT2D eigenvalue weighted by atomic mass is 10.1. The van der Waals surface area contributed by atoms with Crippen LogP contribution in [0.15, 0.2) is 6.07 Å². The highest BCUT2D eigenvalue weighted by molar-refractivity contribution is 7.20. The quantitative estimate of drug-likeness (QED) is 0.903. The molecule has 6 nitrogen and oxygen atoms in total. The predicted molar refractivity (Wildman–Crippen MR) is 77.2 cm³/mol. The van der Waals surface area contributed by atoms with Gasteiger partial charge in [0.25, 0.3) is 5.91 Å². The van der Waals surface area contributed by atoms with E-state index in [1.807, 2.05) is 20.9 Å². The Hall–Kier alpha value is -1.89. The van der Waals surface area contributed by atoms with Crippen molar-refractivity contribution >= 4 is 33.4 Å². The topological polar surface area (TPSA) is 84.2 Å². The first kappa shape index (κ1) is 14.5. The summed E-state index contributed by atoms with van der Waals surface area (Å²) in [6.07, 6.45) is 0. The second-order valence-electron chi connectivity index (χ2n) is 5.03. The number of rotatable bonds is 4. The van der Waals surface area contributed by atoms with Gasteiger partial charge in [0.1, 0.15) is 10.9 Å². The van der Waals surface area contributed by atoms with Crippen LogP contribution in [-0.4, -0.2) is 32.8 Å². The van der Waals surface area contributed by atoms with Crippen molar-refractivity contribution in [3.8, 4) is 0 Å². The van der Waals surface area contributed by atoms with E-state index >= 15 is 0 Å². The van der Waals surface area contributed by atoms with Gasteiger partial charge >= 0.3 is 5.97 Å². The second kappa shape index (κ2) is 5.24. The van der Waals surface area contributed by atoms with Crippen LogP contribution in [0.5, 0.6) is 0 Å². The molecule has 2 N–H and O–H groups in total. The Morgan fingerprint density at radius 1 is 1.40 bits per heavy atom. The van der Waals surface area contributed by atoms with Crippen molar-refractivity contribution in [2.75, 3.05) is 0 Å². The van der Waals surface area contributed by atoms with Crippen LogP contribution in [0, 0.1) is 0 Å². The molecular formula is C13H17N3O3S. The minimum absolute atomic E-state index is 0.266. The van der Waals surface area contributed by atoms with Crippen molar-refractivity contribution in [2.45, 2.75) is 32.7 Å². The van der Waals surface area contributed by atoms with E-state index in [-0.39, 0.29) is 11.8 Å². The van der Waals surface area contributed by atoms with E-state index < -0.39 is 12.0 Å². The van der Waals surface area contributed by atoms with E-state index in [9.17, 15) is 9.59 Å². The normalized spacial score (nSPS) is 12.8. The van der Waals surface area contributed by atoms with E-state index in [0.717, 1.165) is 15.9 Å². The monoisotopic (exact) mass is 295 g/mol. The first-order chi connectivity index (χ1) is 9.31. The molecule has 0 aliphatic carbocycles. The van der Waals surface area contributed by atoms with Gasteiger partial charge in [0.05, 0.1) is 10.6 Å². The van der Waals surface area contributed by atoms with Gasteiger partial charge in [-0.15, -0.1) is 11.3 Å². The smallest absolute Gasteiger partial charge is 0.325 e. The molecule has 0 saturated heterocycles. The Bertz CT molecular complexity index is 672. The maximum absolute atomic E-state index is 12.0. The highest BCUT2D eigenvalue weighted by Gasteiger charge is 2.20. The van der Waals surface area contributed by atoms with E-state index in [1.165, 1.54) is 18.3 Å². The third-order valence-electron chi connectivity index (χ3n) is 3.03. The van der Waals surface area contributed by atoms with Crippen LogP contribution in [0.1, 0.15) is 42.1 Å². The molecule has 2 heterocycles. The summed E-state index contributed by atoms with van der Waals surface area (Å²) in [5.74, 6) is -1.15. The zero-order valence-corrected chi connectivity index (χ0v) is 12.6. The number of fused-ring (bicyclic) bond motifs is 1. The number of thiophene rings is 1. The number of aromatic nitrogens is 2. The van der Waals surface area contributed by atoms with Crippen molar-refractivity contribution in [2.24, 2.45) is 7.05 Å². The highest BCUT2D eigenvalue weighted by atomic mass is 32.1. The Labute approximate surface area is 120 Å². The summed E-state index contributed by atoms with van der Waals surface area (Å²) in [7, 11) is 1.84. The molecule has 0 spiro atoms. The number of carbonyl (C=O) groups excluding carboxylic acids is 1. The lowest BCUT2D eigenvalue weighted by molar-refractivity contribution is -0.138. The first-order valence-corrected chi connectivity index (χ1v) is 7.13. The number of hydrogen-bond donors (Lipinski definition) is 2. The summed E-state index contributed by atoms with van der Waals surface area (Å²) >= 11 is 1.32. The number of amides is 1. The number of aliphatic carboxylic acids is 1. The summed E-state index contributed by atoms with van der Waals surface area (Å²) in [4.78, 5) is 24.2.